The summed E-state index contributed by atoms with van der Waals surface area (Å²) in [6, 6.07) is 13.2. The lowest BCUT2D eigenvalue weighted by Crippen LogP contribution is -2.36. The summed E-state index contributed by atoms with van der Waals surface area (Å²) in [6.07, 6.45) is 0. The topological polar surface area (TPSA) is 84.8 Å². The van der Waals surface area contributed by atoms with Gasteiger partial charge in [-0.2, -0.15) is 10.2 Å². The second-order valence-electron chi connectivity index (χ2n) is 6.36. The minimum atomic E-state index is -0.221. The normalized spacial score (nSPS) is 12.0. The molecule has 2 N–H and O–H groups in total. The molecule has 0 aliphatic heterocycles. The number of hydrogen-bond donors (Lipinski definition) is 2. The van der Waals surface area contributed by atoms with Crippen molar-refractivity contribution in [3.05, 3.63) is 65.2 Å². The van der Waals surface area contributed by atoms with Gasteiger partial charge < -0.3 is 10.1 Å². The number of carbonyl (C=O) groups is 1. The van der Waals surface area contributed by atoms with Crippen LogP contribution in [0.15, 0.2) is 42.5 Å². The second kappa shape index (κ2) is 7.86. The molecule has 26 heavy (non-hydrogen) atoms. The largest absolute Gasteiger partial charge is 0.487 e. The predicted molar refractivity (Wildman–Crippen MR) is 98.0 cm³/mol. The fourth-order valence-electron chi connectivity index (χ4n) is 2.69. The standard InChI is InChI=1S/C19H23N5O2/c1-13-9-15(3)24(23-13)11-14(2)20-19(25)18-10-16(21-22-18)12-26-17-7-5-4-6-8-17/h4-10,14H,11-12H2,1-3H3,(H,20,25)(H,21,22)/t14-/m0/s1. The smallest absolute Gasteiger partial charge is 0.272 e. The van der Waals surface area contributed by atoms with E-state index in [4.69, 9.17) is 4.74 Å². The van der Waals surface area contributed by atoms with Crippen molar-refractivity contribution in [2.75, 3.05) is 0 Å². The van der Waals surface area contributed by atoms with E-state index in [2.05, 4.69) is 20.6 Å². The monoisotopic (exact) mass is 353 g/mol. The molecule has 1 aromatic carbocycles. The zero-order chi connectivity index (χ0) is 18.5. The van der Waals surface area contributed by atoms with Crippen molar-refractivity contribution in [3.8, 4) is 5.75 Å². The van der Waals surface area contributed by atoms with Crippen LogP contribution in [0.2, 0.25) is 0 Å². The molecule has 0 fully saturated rings. The lowest BCUT2D eigenvalue weighted by molar-refractivity contribution is 0.0930. The van der Waals surface area contributed by atoms with Crippen LogP contribution in [0.25, 0.3) is 0 Å². The SMILES string of the molecule is Cc1cc(C)n(C[C@H](C)NC(=O)c2cc(COc3ccccc3)[nH]n2)n1. The first-order valence-electron chi connectivity index (χ1n) is 8.55. The molecule has 3 aromatic rings. The number of benzene rings is 1. The number of nitrogens with one attached hydrogen (secondary N) is 2. The Morgan fingerprint density at radius 2 is 2.04 bits per heavy atom. The van der Waals surface area contributed by atoms with Crippen LogP contribution >= 0.6 is 0 Å². The van der Waals surface area contributed by atoms with Gasteiger partial charge in [-0.3, -0.25) is 14.6 Å². The number of ether oxygens (including phenoxy) is 1. The molecule has 0 saturated carbocycles. The van der Waals surface area contributed by atoms with E-state index in [1.54, 1.807) is 6.07 Å². The van der Waals surface area contributed by atoms with Gasteiger partial charge in [0.25, 0.3) is 5.91 Å². The molecule has 1 amide bonds. The van der Waals surface area contributed by atoms with E-state index in [-0.39, 0.29) is 11.9 Å². The van der Waals surface area contributed by atoms with Crippen molar-refractivity contribution in [1.29, 1.82) is 0 Å². The molecule has 3 rings (SSSR count). The second-order valence-corrected chi connectivity index (χ2v) is 6.36. The minimum Gasteiger partial charge on any atom is -0.487 e. The van der Waals surface area contributed by atoms with Gasteiger partial charge >= 0.3 is 0 Å². The molecule has 7 nitrogen and oxygen atoms in total. The number of para-hydroxylation sites is 1. The van der Waals surface area contributed by atoms with Gasteiger partial charge in [-0.25, -0.2) is 0 Å². The minimum absolute atomic E-state index is 0.0683. The zero-order valence-corrected chi connectivity index (χ0v) is 15.2. The zero-order valence-electron chi connectivity index (χ0n) is 15.2. The molecule has 136 valence electrons. The summed E-state index contributed by atoms with van der Waals surface area (Å²) in [7, 11) is 0. The van der Waals surface area contributed by atoms with Gasteiger partial charge in [0.05, 0.1) is 17.9 Å². The van der Waals surface area contributed by atoms with Gasteiger partial charge in [0.1, 0.15) is 18.1 Å². The number of aromatic amines is 1. The Morgan fingerprint density at radius 3 is 2.73 bits per heavy atom. The molecule has 0 bridgehead atoms. The van der Waals surface area contributed by atoms with Crippen LogP contribution < -0.4 is 10.1 Å². The summed E-state index contributed by atoms with van der Waals surface area (Å²) in [5.41, 5.74) is 3.13. The fraction of sp³-hybridized carbons (Fsp3) is 0.316. The molecule has 0 unspecified atom stereocenters. The maximum atomic E-state index is 12.4. The highest BCUT2D eigenvalue weighted by molar-refractivity contribution is 5.92. The summed E-state index contributed by atoms with van der Waals surface area (Å²) in [5.74, 6) is 0.549. The molecular formula is C19H23N5O2. The van der Waals surface area contributed by atoms with Crippen LogP contribution in [-0.2, 0) is 13.2 Å². The first-order chi connectivity index (χ1) is 12.5. The van der Waals surface area contributed by atoms with Crippen LogP contribution in [0, 0.1) is 13.8 Å². The quantitative estimate of drug-likeness (QED) is 0.684. The van der Waals surface area contributed by atoms with Gasteiger partial charge in [0.2, 0.25) is 0 Å². The third-order valence-electron chi connectivity index (χ3n) is 3.93. The van der Waals surface area contributed by atoms with Gasteiger partial charge in [-0.15, -0.1) is 0 Å². The molecule has 7 heteroatoms. The molecule has 0 radical (unpaired) electrons. The van der Waals surface area contributed by atoms with Crippen LogP contribution in [0.3, 0.4) is 0 Å². The Bertz CT molecular complexity index is 869. The Morgan fingerprint density at radius 1 is 1.27 bits per heavy atom. The number of rotatable bonds is 7. The first-order valence-corrected chi connectivity index (χ1v) is 8.55. The van der Waals surface area contributed by atoms with Crippen molar-refractivity contribution in [1.82, 2.24) is 25.3 Å². The third kappa shape index (κ3) is 4.50. The van der Waals surface area contributed by atoms with E-state index in [1.807, 2.05) is 61.9 Å². The summed E-state index contributed by atoms with van der Waals surface area (Å²) in [6.45, 7) is 6.84. The molecule has 2 heterocycles. The molecule has 1 atom stereocenters. The van der Waals surface area contributed by atoms with Crippen molar-refractivity contribution >= 4 is 5.91 Å². The highest BCUT2D eigenvalue weighted by Gasteiger charge is 2.15. The van der Waals surface area contributed by atoms with Crippen molar-refractivity contribution < 1.29 is 9.53 Å². The van der Waals surface area contributed by atoms with Gasteiger partial charge in [0, 0.05) is 11.7 Å². The molecule has 0 aliphatic rings. The average molecular weight is 353 g/mol. The predicted octanol–water partition coefficient (Wildman–Crippen LogP) is 2.62. The number of carbonyl (C=O) groups excluding carboxylic acids is 1. The number of H-pyrrole nitrogens is 1. The summed E-state index contributed by atoms with van der Waals surface area (Å²) >= 11 is 0. The highest BCUT2D eigenvalue weighted by Crippen LogP contribution is 2.11. The lowest BCUT2D eigenvalue weighted by atomic mass is 10.3. The van der Waals surface area contributed by atoms with Gasteiger partial charge in [0.15, 0.2) is 0 Å². The lowest BCUT2D eigenvalue weighted by Gasteiger charge is -2.14. The van der Waals surface area contributed by atoms with Crippen molar-refractivity contribution in [2.24, 2.45) is 0 Å². The van der Waals surface area contributed by atoms with Crippen LogP contribution in [0.5, 0.6) is 5.75 Å². The third-order valence-corrected chi connectivity index (χ3v) is 3.93. The van der Waals surface area contributed by atoms with E-state index < -0.39 is 0 Å². The Hall–Kier alpha value is -3.09. The van der Waals surface area contributed by atoms with E-state index in [0.29, 0.717) is 18.8 Å². The molecule has 0 spiro atoms. The number of aryl methyl sites for hydroxylation is 2. The molecule has 2 aromatic heterocycles. The van der Waals surface area contributed by atoms with Crippen LogP contribution in [0.1, 0.15) is 34.5 Å². The van der Waals surface area contributed by atoms with E-state index in [1.165, 1.54) is 0 Å². The maximum absolute atomic E-state index is 12.4. The summed E-state index contributed by atoms with van der Waals surface area (Å²) in [4.78, 5) is 12.4. The molecular weight excluding hydrogens is 330 g/mol. The maximum Gasteiger partial charge on any atom is 0.272 e. The van der Waals surface area contributed by atoms with E-state index in [0.717, 1.165) is 22.8 Å². The Balaban J connectivity index is 1.53. The fourth-order valence-corrected chi connectivity index (χ4v) is 2.69. The number of nitrogens with zero attached hydrogens (tertiary/aromatic N) is 3. The summed E-state index contributed by atoms with van der Waals surface area (Å²) in [5, 5.41) is 14.3. The number of amides is 1. The van der Waals surface area contributed by atoms with Crippen molar-refractivity contribution in [2.45, 2.75) is 40.0 Å². The van der Waals surface area contributed by atoms with Crippen LogP contribution in [0.4, 0.5) is 0 Å². The number of hydrogen-bond acceptors (Lipinski definition) is 4. The highest BCUT2D eigenvalue weighted by atomic mass is 16.5. The number of aromatic nitrogens is 4. The molecule has 0 saturated heterocycles. The van der Waals surface area contributed by atoms with Gasteiger partial charge in [-0.05, 0) is 45.0 Å². The molecule has 0 aliphatic carbocycles. The average Bonchev–Trinajstić information content (AvgIpc) is 3.20. The van der Waals surface area contributed by atoms with Gasteiger partial charge in [-0.1, -0.05) is 18.2 Å². The Kier molecular flexibility index (Phi) is 5.36. The van der Waals surface area contributed by atoms with E-state index >= 15 is 0 Å². The first kappa shape index (κ1) is 17.7. The van der Waals surface area contributed by atoms with Crippen molar-refractivity contribution in [3.63, 3.8) is 0 Å². The summed E-state index contributed by atoms with van der Waals surface area (Å²) < 4.78 is 7.54. The Labute approximate surface area is 152 Å². The van der Waals surface area contributed by atoms with Crippen LogP contribution in [-0.4, -0.2) is 31.9 Å². The van der Waals surface area contributed by atoms with E-state index in [9.17, 15) is 4.79 Å².